The normalized spacial score (nSPS) is 11.4. The third kappa shape index (κ3) is 3.49. The number of sulfonamides is 1. The Morgan fingerprint density at radius 2 is 2.05 bits per heavy atom. The van der Waals surface area contributed by atoms with E-state index in [0.29, 0.717) is 10.6 Å². The van der Waals surface area contributed by atoms with Crippen LogP contribution < -0.4 is 4.72 Å². The Hall–Kier alpha value is -1.83. The van der Waals surface area contributed by atoms with Crippen LogP contribution in [-0.2, 0) is 28.4 Å². The number of nitrogens with one attached hydrogen (secondary N) is 1. The predicted molar refractivity (Wildman–Crippen MR) is 82.2 cm³/mol. The van der Waals surface area contributed by atoms with Gasteiger partial charge in [-0.05, 0) is 17.7 Å². The van der Waals surface area contributed by atoms with Gasteiger partial charge in [0.2, 0.25) is 10.0 Å². The highest BCUT2D eigenvalue weighted by molar-refractivity contribution is 7.89. The fourth-order valence-corrected chi connectivity index (χ4v) is 3.16. The number of aryl methyl sites for hydroxylation is 1. The SMILES string of the molecule is COC(=O)c1cc(S(=O)(=O)NCc2ccccc2Cl)cn1C. The van der Waals surface area contributed by atoms with Gasteiger partial charge in [0.1, 0.15) is 10.6 Å². The maximum absolute atomic E-state index is 12.3. The summed E-state index contributed by atoms with van der Waals surface area (Å²) in [6, 6.07) is 8.22. The first-order valence-corrected chi connectivity index (χ1v) is 8.19. The summed E-state index contributed by atoms with van der Waals surface area (Å²) in [5.74, 6) is -0.602. The van der Waals surface area contributed by atoms with E-state index in [-0.39, 0.29) is 17.1 Å². The van der Waals surface area contributed by atoms with Crippen molar-refractivity contribution in [3.8, 4) is 0 Å². The molecule has 0 saturated heterocycles. The molecule has 0 saturated carbocycles. The van der Waals surface area contributed by atoms with Gasteiger partial charge in [0.25, 0.3) is 0 Å². The third-order valence-electron chi connectivity index (χ3n) is 3.10. The number of esters is 1. The number of hydrogen-bond donors (Lipinski definition) is 1. The second kappa shape index (κ2) is 6.51. The molecular weight excluding hydrogens is 328 g/mol. The van der Waals surface area contributed by atoms with Crippen LogP contribution in [0.2, 0.25) is 5.02 Å². The van der Waals surface area contributed by atoms with Gasteiger partial charge in [-0.25, -0.2) is 17.9 Å². The zero-order chi connectivity index (χ0) is 16.3. The maximum atomic E-state index is 12.3. The van der Waals surface area contributed by atoms with E-state index in [2.05, 4.69) is 9.46 Å². The molecule has 0 aliphatic carbocycles. The number of methoxy groups -OCH3 is 1. The fraction of sp³-hybridized carbons (Fsp3) is 0.214. The van der Waals surface area contributed by atoms with Crippen molar-refractivity contribution in [1.29, 1.82) is 0 Å². The van der Waals surface area contributed by atoms with E-state index in [9.17, 15) is 13.2 Å². The maximum Gasteiger partial charge on any atom is 0.354 e. The highest BCUT2D eigenvalue weighted by Gasteiger charge is 2.20. The van der Waals surface area contributed by atoms with E-state index < -0.39 is 16.0 Å². The van der Waals surface area contributed by atoms with Crippen LogP contribution in [0.4, 0.5) is 0 Å². The topological polar surface area (TPSA) is 77.4 Å². The summed E-state index contributed by atoms with van der Waals surface area (Å²) in [6.07, 6.45) is 1.35. The van der Waals surface area contributed by atoms with E-state index >= 15 is 0 Å². The van der Waals surface area contributed by atoms with Gasteiger partial charge >= 0.3 is 5.97 Å². The van der Waals surface area contributed by atoms with Crippen molar-refractivity contribution in [3.63, 3.8) is 0 Å². The lowest BCUT2D eigenvalue weighted by molar-refractivity contribution is 0.0590. The van der Waals surface area contributed by atoms with Crippen LogP contribution in [0.1, 0.15) is 16.1 Å². The summed E-state index contributed by atoms with van der Waals surface area (Å²) in [6.45, 7) is 0.0600. The highest BCUT2D eigenvalue weighted by atomic mass is 35.5. The molecule has 1 aromatic carbocycles. The predicted octanol–water partition coefficient (Wildman–Crippen LogP) is 1.94. The first-order chi connectivity index (χ1) is 10.3. The molecule has 0 fully saturated rings. The average Bonchev–Trinajstić information content (AvgIpc) is 2.88. The van der Waals surface area contributed by atoms with Crippen molar-refractivity contribution in [3.05, 3.63) is 52.8 Å². The number of ether oxygens (including phenoxy) is 1. The van der Waals surface area contributed by atoms with E-state index in [1.54, 1.807) is 31.3 Å². The Kier molecular flexibility index (Phi) is 4.90. The molecule has 8 heteroatoms. The van der Waals surface area contributed by atoms with Crippen molar-refractivity contribution in [2.45, 2.75) is 11.4 Å². The lowest BCUT2D eigenvalue weighted by Crippen LogP contribution is -2.23. The van der Waals surface area contributed by atoms with Gasteiger partial charge in [0.15, 0.2) is 0 Å². The van der Waals surface area contributed by atoms with E-state index in [0.717, 1.165) is 0 Å². The quantitative estimate of drug-likeness (QED) is 0.842. The molecule has 0 bridgehead atoms. The van der Waals surface area contributed by atoms with Crippen LogP contribution in [0.15, 0.2) is 41.4 Å². The zero-order valence-electron chi connectivity index (χ0n) is 12.0. The Labute approximate surface area is 133 Å². The Bertz CT molecular complexity index is 799. The summed E-state index contributed by atoms with van der Waals surface area (Å²) < 4.78 is 33.0. The minimum absolute atomic E-state index is 0.0116. The molecule has 0 atom stereocenters. The van der Waals surface area contributed by atoms with Crippen LogP contribution in [0.5, 0.6) is 0 Å². The second-order valence-electron chi connectivity index (χ2n) is 4.58. The Morgan fingerprint density at radius 3 is 2.68 bits per heavy atom. The standard InChI is InChI=1S/C14H15ClN2O4S/c1-17-9-11(7-13(17)14(18)21-2)22(19,20)16-8-10-5-3-4-6-12(10)15/h3-7,9,16H,8H2,1-2H3. The van der Waals surface area contributed by atoms with E-state index in [1.165, 1.54) is 23.9 Å². The number of carbonyl (C=O) groups excluding carboxylic acids is 1. The number of aromatic nitrogens is 1. The van der Waals surface area contributed by atoms with Crippen LogP contribution >= 0.6 is 11.6 Å². The Morgan fingerprint density at radius 1 is 1.36 bits per heavy atom. The molecule has 0 aliphatic heterocycles. The first-order valence-electron chi connectivity index (χ1n) is 6.33. The van der Waals surface area contributed by atoms with Crippen molar-refractivity contribution in [1.82, 2.24) is 9.29 Å². The average molecular weight is 343 g/mol. The molecule has 0 radical (unpaired) electrons. The number of halogens is 1. The third-order valence-corrected chi connectivity index (χ3v) is 4.83. The lowest BCUT2D eigenvalue weighted by atomic mass is 10.2. The molecule has 2 rings (SSSR count). The monoisotopic (exact) mass is 342 g/mol. The molecule has 22 heavy (non-hydrogen) atoms. The second-order valence-corrected chi connectivity index (χ2v) is 6.75. The van der Waals surface area contributed by atoms with Gasteiger partial charge in [-0.3, -0.25) is 0 Å². The largest absolute Gasteiger partial charge is 0.464 e. The molecule has 1 heterocycles. The number of carbonyl (C=O) groups is 1. The van der Waals surface area contributed by atoms with Gasteiger partial charge < -0.3 is 9.30 Å². The highest BCUT2D eigenvalue weighted by Crippen LogP contribution is 2.17. The molecule has 0 aliphatic rings. The number of hydrogen-bond acceptors (Lipinski definition) is 4. The van der Waals surface area contributed by atoms with Crippen LogP contribution in [0, 0.1) is 0 Å². The van der Waals surface area contributed by atoms with Crippen LogP contribution in [0.3, 0.4) is 0 Å². The molecule has 0 unspecified atom stereocenters. The van der Waals surface area contributed by atoms with Crippen molar-refractivity contribution >= 4 is 27.6 Å². The van der Waals surface area contributed by atoms with Gasteiger partial charge in [-0.1, -0.05) is 29.8 Å². The molecule has 0 amide bonds. The Balaban J connectivity index is 2.21. The lowest BCUT2D eigenvalue weighted by Gasteiger charge is -2.06. The van der Waals surface area contributed by atoms with Crippen LogP contribution in [-0.4, -0.2) is 26.1 Å². The fourth-order valence-electron chi connectivity index (χ4n) is 1.89. The van der Waals surface area contributed by atoms with Gasteiger partial charge in [0, 0.05) is 24.8 Å². The minimum Gasteiger partial charge on any atom is -0.464 e. The number of nitrogens with zero attached hydrogens (tertiary/aromatic N) is 1. The van der Waals surface area contributed by atoms with Gasteiger partial charge in [-0.15, -0.1) is 0 Å². The molecule has 6 nitrogen and oxygen atoms in total. The smallest absolute Gasteiger partial charge is 0.354 e. The first kappa shape index (κ1) is 16.5. The molecule has 1 N–H and O–H groups in total. The molecule has 2 aromatic rings. The number of benzene rings is 1. The summed E-state index contributed by atoms with van der Waals surface area (Å²) in [4.78, 5) is 11.5. The summed E-state index contributed by atoms with van der Waals surface area (Å²) in [5, 5.41) is 0.480. The van der Waals surface area contributed by atoms with E-state index in [4.69, 9.17) is 11.6 Å². The van der Waals surface area contributed by atoms with Crippen molar-refractivity contribution in [2.24, 2.45) is 7.05 Å². The van der Waals surface area contributed by atoms with Crippen molar-refractivity contribution in [2.75, 3.05) is 7.11 Å². The number of rotatable bonds is 5. The van der Waals surface area contributed by atoms with Crippen LogP contribution in [0.25, 0.3) is 0 Å². The van der Waals surface area contributed by atoms with Crippen molar-refractivity contribution < 1.29 is 17.9 Å². The van der Waals surface area contributed by atoms with E-state index in [1.807, 2.05) is 0 Å². The van der Waals surface area contributed by atoms with Gasteiger partial charge in [-0.2, -0.15) is 0 Å². The zero-order valence-corrected chi connectivity index (χ0v) is 13.6. The summed E-state index contributed by atoms with van der Waals surface area (Å²) in [7, 11) is -0.952. The van der Waals surface area contributed by atoms with Gasteiger partial charge in [0.05, 0.1) is 7.11 Å². The summed E-state index contributed by atoms with van der Waals surface area (Å²) >= 11 is 5.99. The summed E-state index contributed by atoms with van der Waals surface area (Å²) in [5.41, 5.74) is 0.817. The minimum atomic E-state index is -3.76. The molecule has 0 spiro atoms. The molecular formula is C14H15ClN2O4S. The molecule has 1 aromatic heterocycles. The molecule has 118 valence electrons.